The molecule has 3 atom stereocenters. The highest BCUT2D eigenvalue weighted by Gasteiger charge is 2.34. The number of aliphatic hydroxyl groups excluding tert-OH is 2. The van der Waals surface area contributed by atoms with Crippen LogP contribution in [0.1, 0.15) is 98.3 Å². The van der Waals surface area contributed by atoms with Crippen LogP contribution < -0.4 is 0 Å². The SMILES string of the molecule is CCCCC[C@H](O)/C=C/[C@@H]1C(SCCCCCC(=O)N(CC)CC)=C(OC(=O)CCC)C[C@H]1O. The Balaban J connectivity index is 2.69. The van der Waals surface area contributed by atoms with Gasteiger partial charge in [0.1, 0.15) is 5.76 Å². The van der Waals surface area contributed by atoms with Gasteiger partial charge in [0.25, 0.3) is 0 Å². The van der Waals surface area contributed by atoms with Crippen LogP contribution in [0.4, 0.5) is 0 Å². The van der Waals surface area contributed by atoms with Gasteiger partial charge < -0.3 is 19.8 Å². The van der Waals surface area contributed by atoms with E-state index in [0.717, 1.165) is 68.7 Å². The van der Waals surface area contributed by atoms with Crippen LogP contribution in [-0.4, -0.2) is 58.0 Å². The average molecular weight is 498 g/mol. The molecule has 1 aliphatic carbocycles. The van der Waals surface area contributed by atoms with E-state index in [0.29, 0.717) is 31.4 Å². The molecule has 0 radical (unpaired) electrons. The predicted octanol–water partition coefficient (Wildman–Crippen LogP) is 5.58. The fourth-order valence-corrected chi connectivity index (χ4v) is 5.36. The van der Waals surface area contributed by atoms with Crippen LogP contribution in [-0.2, 0) is 14.3 Å². The lowest BCUT2D eigenvalue weighted by molar-refractivity contribution is -0.139. The molecule has 1 rings (SSSR count). The van der Waals surface area contributed by atoms with Gasteiger partial charge in [-0.2, -0.15) is 0 Å². The minimum absolute atomic E-state index is 0.215. The summed E-state index contributed by atoms with van der Waals surface area (Å²) in [5.74, 6) is 1.09. The van der Waals surface area contributed by atoms with E-state index >= 15 is 0 Å². The quantitative estimate of drug-likeness (QED) is 0.146. The number of unbranched alkanes of at least 4 members (excludes halogenated alkanes) is 4. The van der Waals surface area contributed by atoms with Crippen molar-refractivity contribution >= 4 is 23.6 Å². The molecule has 0 aromatic rings. The lowest BCUT2D eigenvalue weighted by Crippen LogP contribution is -2.30. The molecule has 196 valence electrons. The lowest BCUT2D eigenvalue weighted by atomic mass is 10.0. The van der Waals surface area contributed by atoms with Crippen LogP contribution >= 0.6 is 11.8 Å². The number of esters is 1. The van der Waals surface area contributed by atoms with Crippen LogP contribution in [0.3, 0.4) is 0 Å². The third-order valence-electron chi connectivity index (χ3n) is 6.13. The molecule has 0 aromatic carbocycles. The number of amides is 1. The fraction of sp³-hybridized carbons (Fsp3) is 0.778. The standard InChI is InChI=1S/C27H47NO5S/c1-5-9-11-15-21(29)17-18-22-23(30)20-24(33-26(32)14-6-2)27(22)34-19-13-10-12-16-25(31)28(7-3)8-4/h17-18,21-23,29-30H,5-16,19-20H2,1-4H3/b18-17+/t21-,22-,23+/m0/s1. The monoisotopic (exact) mass is 497 g/mol. The molecule has 0 aliphatic heterocycles. The van der Waals surface area contributed by atoms with Gasteiger partial charge in [0.05, 0.1) is 12.2 Å². The normalized spacial score (nSPS) is 19.1. The molecule has 1 amide bonds. The number of hydrogen-bond donors (Lipinski definition) is 2. The van der Waals surface area contributed by atoms with E-state index in [-0.39, 0.29) is 17.8 Å². The Morgan fingerprint density at radius 2 is 1.79 bits per heavy atom. The smallest absolute Gasteiger partial charge is 0.310 e. The largest absolute Gasteiger partial charge is 0.430 e. The zero-order valence-electron chi connectivity index (χ0n) is 21.8. The Hall–Kier alpha value is -1.31. The van der Waals surface area contributed by atoms with E-state index in [2.05, 4.69) is 6.92 Å². The van der Waals surface area contributed by atoms with Crippen molar-refractivity contribution in [2.24, 2.45) is 5.92 Å². The summed E-state index contributed by atoms with van der Waals surface area (Å²) in [4.78, 5) is 27.0. The third-order valence-corrected chi connectivity index (χ3v) is 7.43. The summed E-state index contributed by atoms with van der Waals surface area (Å²) in [6, 6.07) is 0. The number of ether oxygens (including phenoxy) is 1. The second-order valence-corrected chi connectivity index (χ2v) is 10.1. The van der Waals surface area contributed by atoms with Gasteiger partial charge in [-0.3, -0.25) is 9.59 Å². The molecule has 34 heavy (non-hydrogen) atoms. The van der Waals surface area contributed by atoms with E-state index in [1.807, 2.05) is 31.7 Å². The summed E-state index contributed by atoms with van der Waals surface area (Å²) in [5, 5.41) is 21.0. The van der Waals surface area contributed by atoms with Gasteiger partial charge in [-0.25, -0.2) is 0 Å². The van der Waals surface area contributed by atoms with Gasteiger partial charge in [0.2, 0.25) is 5.91 Å². The van der Waals surface area contributed by atoms with Crippen molar-refractivity contribution in [3.05, 3.63) is 22.8 Å². The van der Waals surface area contributed by atoms with Crippen molar-refractivity contribution in [3.8, 4) is 0 Å². The van der Waals surface area contributed by atoms with Crippen molar-refractivity contribution in [2.45, 2.75) is 111 Å². The fourth-order valence-electron chi connectivity index (χ4n) is 4.07. The maximum absolute atomic E-state index is 12.1. The van der Waals surface area contributed by atoms with Gasteiger partial charge in [-0.05, 0) is 45.3 Å². The van der Waals surface area contributed by atoms with Gasteiger partial charge in [0.15, 0.2) is 0 Å². The lowest BCUT2D eigenvalue weighted by Gasteiger charge is -2.18. The van der Waals surface area contributed by atoms with Gasteiger partial charge in [-0.15, -0.1) is 11.8 Å². The molecule has 0 fully saturated rings. The first-order valence-electron chi connectivity index (χ1n) is 13.3. The number of carbonyl (C=O) groups excluding carboxylic acids is 2. The van der Waals surface area contributed by atoms with Crippen LogP contribution in [0.25, 0.3) is 0 Å². The zero-order valence-corrected chi connectivity index (χ0v) is 22.6. The summed E-state index contributed by atoms with van der Waals surface area (Å²) in [7, 11) is 0. The average Bonchev–Trinajstić information content (AvgIpc) is 3.09. The maximum Gasteiger partial charge on any atom is 0.310 e. The molecule has 6 nitrogen and oxygen atoms in total. The summed E-state index contributed by atoms with van der Waals surface area (Å²) >= 11 is 1.63. The van der Waals surface area contributed by atoms with Crippen LogP contribution in [0.5, 0.6) is 0 Å². The molecule has 0 saturated carbocycles. The van der Waals surface area contributed by atoms with E-state index in [9.17, 15) is 19.8 Å². The van der Waals surface area contributed by atoms with E-state index < -0.39 is 12.2 Å². The highest BCUT2D eigenvalue weighted by molar-refractivity contribution is 8.03. The molecule has 0 spiro atoms. The number of thioether (sulfide) groups is 1. The van der Waals surface area contributed by atoms with Crippen molar-refractivity contribution in [2.75, 3.05) is 18.8 Å². The highest BCUT2D eigenvalue weighted by Crippen LogP contribution is 2.41. The Morgan fingerprint density at radius 1 is 1.06 bits per heavy atom. The number of nitrogens with zero attached hydrogens (tertiary/aromatic N) is 1. The summed E-state index contributed by atoms with van der Waals surface area (Å²) < 4.78 is 5.63. The Morgan fingerprint density at radius 3 is 2.44 bits per heavy atom. The number of carbonyl (C=O) groups is 2. The molecular weight excluding hydrogens is 450 g/mol. The number of aliphatic hydroxyl groups is 2. The van der Waals surface area contributed by atoms with Crippen LogP contribution in [0.15, 0.2) is 22.8 Å². The van der Waals surface area contributed by atoms with Gasteiger partial charge in [0, 0.05) is 43.2 Å². The second-order valence-electron chi connectivity index (χ2n) is 8.98. The first kappa shape index (κ1) is 30.7. The van der Waals surface area contributed by atoms with Crippen LogP contribution in [0, 0.1) is 5.92 Å². The molecule has 0 aromatic heterocycles. The Labute approximate surface area is 211 Å². The second kappa shape index (κ2) is 18.0. The molecule has 0 heterocycles. The van der Waals surface area contributed by atoms with Crippen molar-refractivity contribution in [1.82, 2.24) is 4.90 Å². The molecule has 1 aliphatic rings. The minimum Gasteiger partial charge on any atom is -0.430 e. The van der Waals surface area contributed by atoms with Gasteiger partial charge in [-0.1, -0.05) is 51.7 Å². The van der Waals surface area contributed by atoms with Gasteiger partial charge >= 0.3 is 5.97 Å². The third kappa shape index (κ3) is 11.4. The molecule has 7 heteroatoms. The zero-order chi connectivity index (χ0) is 25.3. The van der Waals surface area contributed by atoms with E-state index in [4.69, 9.17) is 4.74 Å². The Kier molecular flexibility index (Phi) is 16.3. The number of rotatable bonds is 18. The molecule has 0 bridgehead atoms. The first-order chi connectivity index (χ1) is 16.4. The maximum atomic E-state index is 12.1. The minimum atomic E-state index is -0.655. The number of hydrogen-bond acceptors (Lipinski definition) is 6. The topological polar surface area (TPSA) is 87.1 Å². The van der Waals surface area contributed by atoms with Crippen molar-refractivity contribution in [1.29, 1.82) is 0 Å². The summed E-state index contributed by atoms with van der Waals surface area (Å²) in [6.07, 6.45) is 11.1. The summed E-state index contributed by atoms with van der Waals surface area (Å²) in [5.41, 5.74) is 0. The van der Waals surface area contributed by atoms with E-state index in [1.165, 1.54) is 0 Å². The summed E-state index contributed by atoms with van der Waals surface area (Å²) in [6.45, 7) is 9.58. The molecule has 0 unspecified atom stereocenters. The van der Waals surface area contributed by atoms with Crippen molar-refractivity contribution < 1.29 is 24.5 Å². The molecule has 0 saturated heterocycles. The highest BCUT2D eigenvalue weighted by atomic mass is 32.2. The molecular formula is C27H47NO5S. The molecule has 2 N–H and O–H groups in total. The predicted molar refractivity (Wildman–Crippen MR) is 140 cm³/mol. The first-order valence-corrected chi connectivity index (χ1v) is 14.2. The van der Waals surface area contributed by atoms with Crippen LogP contribution in [0.2, 0.25) is 0 Å². The Bertz CT molecular complexity index is 659. The van der Waals surface area contributed by atoms with E-state index in [1.54, 1.807) is 17.8 Å². The van der Waals surface area contributed by atoms with Crippen molar-refractivity contribution in [3.63, 3.8) is 0 Å².